The molecule has 2 fully saturated rings. The third kappa shape index (κ3) is 5.36. The van der Waals surface area contributed by atoms with E-state index in [0.717, 1.165) is 54.1 Å². The third-order valence-corrected chi connectivity index (χ3v) is 8.92. The maximum atomic E-state index is 14.1. The number of rotatable bonds is 7. The van der Waals surface area contributed by atoms with Crippen LogP contribution in [0.25, 0.3) is 10.8 Å². The van der Waals surface area contributed by atoms with Crippen molar-refractivity contribution in [3.8, 4) is 0 Å². The molecular weight excluding hydrogens is 476 g/mol. The number of ether oxygens (including phenoxy) is 1. The van der Waals surface area contributed by atoms with Crippen LogP contribution in [0.1, 0.15) is 76.2 Å². The molecule has 0 aromatic heterocycles. The van der Waals surface area contributed by atoms with Crippen molar-refractivity contribution in [3.63, 3.8) is 0 Å². The Hall–Kier alpha value is -3.15. The molecule has 0 radical (unpaired) electrons. The number of likely N-dealkylation sites (tertiary alicyclic amines) is 1. The first-order valence-corrected chi connectivity index (χ1v) is 14.4. The average Bonchev–Trinajstić information content (AvgIpc) is 3.17. The van der Waals surface area contributed by atoms with E-state index >= 15 is 0 Å². The number of carbonyl (C=O) groups excluding carboxylic acids is 3. The van der Waals surface area contributed by atoms with Crippen molar-refractivity contribution in [2.24, 2.45) is 17.3 Å². The minimum atomic E-state index is -0.905. The van der Waals surface area contributed by atoms with E-state index in [1.807, 2.05) is 24.3 Å². The molecule has 2 aromatic carbocycles. The smallest absolute Gasteiger partial charge is 0.317 e. The van der Waals surface area contributed by atoms with Crippen LogP contribution in [0.3, 0.4) is 0 Å². The molecule has 0 unspecified atom stereocenters. The summed E-state index contributed by atoms with van der Waals surface area (Å²) in [6.45, 7) is 1.04. The zero-order valence-corrected chi connectivity index (χ0v) is 22.5. The van der Waals surface area contributed by atoms with Gasteiger partial charge in [0, 0.05) is 24.6 Å². The van der Waals surface area contributed by atoms with Gasteiger partial charge in [-0.3, -0.25) is 14.4 Å². The first-order valence-electron chi connectivity index (χ1n) is 14.4. The van der Waals surface area contributed by atoms with Crippen LogP contribution < -0.4 is 5.32 Å². The second-order valence-corrected chi connectivity index (χ2v) is 11.4. The lowest BCUT2D eigenvalue weighted by molar-refractivity contribution is -0.160. The summed E-state index contributed by atoms with van der Waals surface area (Å²) >= 11 is 0. The molecule has 1 saturated heterocycles. The fraction of sp³-hybridized carbons (Fsp3) is 0.531. The van der Waals surface area contributed by atoms with E-state index in [4.69, 9.17) is 4.74 Å². The highest BCUT2D eigenvalue weighted by molar-refractivity contribution is 5.93. The number of hydrogen-bond donors (Lipinski definition) is 1. The van der Waals surface area contributed by atoms with Gasteiger partial charge in [0.1, 0.15) is 5.41 Å². The van der Waals surface area contributed by atoms with Gasteiger partial charge in [0.15, 0.2) is 0 Å². The van der Waals surface area contributed by atoms with Crippen molar-refractivity contribution in [1.29, 1.82) is 0 Å². The molecule has 2 aromatic rings. The zero-order chi connectivity index (χ0) is 26.5. The highest BCUT2D eigenvalue weighted by Crippen LogP contribution is 2.50. The van der Waals surface area contributed by atoms with Gasteiger partial charge in [-0.2, -0.15) is 0 Å². The summed E-state index contributed by atoms with van der Waals surface area (Å²) in [4.78, 5) is 42.4. The molecule has 1 heterocycles. The van der Waals surface area contributed by atoms with Crippen molar-refractivity contribution >= 4 is 28.6 Å². The van der Waals surface area contributed by atoms with Crippen molar-refractivity contribution < 1.29 is 19.1 Å². The first-order chi connectivity index (χ1) is 18.5. The van der Waals surface area contributed by atoms with E-state index < -0.39 is 11.3 Å². The number of nitrogens with zero attached hydrogens (tertiary/aromatic N) is 1. The number of hydrogen-bond acceptors (Lipinski definition) is 4. The van der Waals surface area contributed by atoms with E-state index in [9.17, 15) is 14.4 Å². The summed E-state index contributed by atoms with van der Waals surface area (Å²) in [5, 5.41) is 5.31. The minimum Gasteiger partial charge on any atom is -0.468 e. The molecule has 1 saturated carbocycles. The summed E-state index contributed by atoms with van der Waals surface area (Å²) in [6, 6.07) is 14.3. The molecule has 2 amide bonds. The molecule has 6 heteroatoms. The van der Waals surface area contributed by atoms with E-state index in [1.165, 1.54) is 26.4 Å². The lowest BCUT2D eigenvalue weighted by atomic mass is 9.69. The number of benzene rings is 2. The molecule has 0 spiro atoms. The zero-order valence-electron chi connectivity index (χ0n) is 22.5. The number of piperidine rings is 1. The second-order valence-electron chi connectivity index (χ2n) is 11.4. The minimum absolute atomic E-state index is 0.0709. The van der Waals surface area contributed by atoms with Crippen molar-refractivity contribution in [2.75, 3.05) is 13.7 Å². The van der Waals surface area contributed by atoms with E-state index in [-0.39, 0.29) is 24.2 Å². The summed E-state index contributed by atoms with van der Waals surface area (Å²) in [5.74, 6) is -0.506. The molecule has 1 N–H and O–H groups in total. The van der Waals surface area contributed by atoms with Gasteiger partial charge >= 0.3 is 5.97 Å². The van der Waals surface area contributed by atoms with Gasteiger partial charge in [-0.05, 0) is 60.8 Å². The van der Waals surface area contributed by atoms with Crippen LogP contribution in [-0.2, 0) is 25.7 Å². The third-order valence-electron chi connectivity index (χ3n) is 8.92. The highest BCUT2D eigenvalue weighted by Gasteiger charge is 2.53. The van der Waals surface area contributed by atoms with Crippen molar-refractivity contribution in [3.05, 3.63) is 59.8 Å². The van der Waals surface area contributed by atoms with Gasteiger partial charge < -0.3 is 15.0 Å². The van der Waals surface area contributed by atoms with Gasteiger partial charge in [0.2, 0.25) is 11.8 Å². The quantitative estimate of drug-likeness (QED) is 0.466. The van der Waals surface area contributed by atoms with E-state index in [1.54, 1.807) is 4.90 Å². The first kappa shape index (κ1) is 26.5. The molecule has 202 valence electrons. The number of methoxy groups -OCH3 is 1. The Morgan fingerprint density at radius 1 is 1.03 bits per heavy atom. The van der Waals surface area contributed by atoms with Crippen LogP contribution in [-0.4, -0.2) is 36.3 Å². The highest BCUT2D eigenvalue weighted by atomic mass is 16.5. The fourth-order valence-electron chi connectivity index (χ4n) is 6.91. The Morgan fingerprint density at radius 2 is 1.82 bits per heavy atom. The SMILES string of the molecule is COC(=O)[C@]12CCCCC=C1N(Cc1cccc3ccccc13)C(=O)[C@H](CC(=O)NCC1CCCCC1)C2. The summed E-state index contributed by atoms with van der Waals surface area (Å²) in [5.41, 5.74) is 0.888. The van der Waals surface area contributed by atoms with Gasteiger partial charge in [-0.15, -0.1) is 0 Å². The number of amides is 2. The number of nitrogens with one attached hydrogen (secondary N) is 1. The van der Waals surface area contributed by atoms with Crippen LogP contribution >= 0.6 is 0 Å². The largest absolute Gasteiger partial charge is 0.468 e. The van der Waals surface area contributed by atoms with Crippen LogP contribution in [0.4, 0.5) is 0 Å². The maximum Gasteiger partial charge on any atom is 0.317 e. The van der Waals surface area contributed by atoms with E-state index in [0.29, 0.717) is 31.8 Å². The molecular formula is C32H40N2O4. The van der Waals surface area contributed by atoms with Crippen molar-refractivity contribution in [1.82, 2.24) is 10.2 Å². The molecule has 2 atom stereocenters. The van der Waals surface area contributed by atoms with Gasteiger partial charge in [0.05, 0.1) is 13.7 Å². The Morgan fingerprint density at radius 3 is 2.63 bits per heavy atom. The van der Waals surface area contributed by atoms with E-state index in [2.05, 4.69) is 29.6 Å². The molecule has 1 aliphatic heterocycles. The summed E-state index contributed by atoms with van der Waals surface area (Å²) in [7, 11) is 1.43. The summed E-state index contributed by atoms with van der Waals surface area (Å²) < 4.78 is 5.37. The van der Waals surface area contributed by atoms with Crippen LogP contribution in [0.15, 0.2) is 54.2 Å². The maximum absolute atomic E-state index is 14.1. The van der Waals surface area contributed by atoms with Gasteiger partial charge in [-0.25, -0.2) is 0 Å². The second kappa shape index (κ2) is 11.7. The van der Waals surface area contributed by atoms with Gasteiger partial charge in [-0.1, -0.05) is 74.2 Å². The normalized spacial score (nSPS) is 24.3. The topological polar surface area (TPSA) is 75.7 Å². The van der Waals surface area contributed by atoms with Crippen LogP contribution in [0.5, 0.6) is 0 Å². The molecule has 2 aliphatic carbocycles. The lowest BCUT2D eigenvalue weighted by Gasteiger charge is -2.46. The number of fused-ring (bicyclic) bond motifs is 2. The van der Waals surface area contributed by atoms with Crippen LogP contribution in [0.2, 0.25) is 0 Å². The Kier molecular flexibility index (Phi) is 8.15. The Balaban J connectivity index is 1.44. The monoisotopic (exact) mass is 516 g/mol. The fourth-order valence-corrected chi connectivity index (χ4v) is 6.91. The van der Waals surface area contributed by atoms with Gasteiger partial charge in [0.25, 0.3) is 0 Å². The number of esters is 1. The standard InChI is InChI=1S/C32H40N2O4/c1-38-31(37)32-18-9-3-6-17-28(32)34(22-25-15-10-14-24-13-7-8-16-27(24)25)30(36)26(20-32)19-29(35)33-21-23-11-4-2-5-12-23/h7-8,10,13-17,23,26H,2-6,9,11-12,18-22H2,1H3,(H,33,35)/t26-,32+/m1/s1. The lowest BCUT2D eigenvalue weighted by Crippen LogP contribution is -2.53. The molecule has 0 bridgehead atoms. The number of allylic oxidation sites excluding steroid dienone is 1. The molecule has 3 aliphatic rings. The predicted molar refractivity (Wildman–Crippen MR) is 148 cm³/mol. The Labute approximate surface area is 225 Å². The Bertz CT molecular complexity index is 1210. The number of carbonyl (C=O) groups is 3. The van der Waals surface area contributed by atoms with Crippen LogP contribution in [0, 0.1) is 17.3 Å². The summed E-state index contributed by atoms with van der Waals surface area (Å²) in [6.07, 6.45) is 11.8. The average molecular weight is 517 g/mol. The van der Waals surface area contributed by atoms with Crippen molar-refractivity contribution in [2.45, 2.75) is 77.2 Å². The molecule has 5 rings (SSSR count). The molecule has 38 heavy (non-hydrogen) atoms. The molecule has 6 nitrogen and oxygen atoms in total. The predicted octanol–water partition coefficient (Wildman–Crippen LogP) is 5.89.